The largest absolute Gasteiger partial charge is 0.472 e. The Hall–Kier alpha value is -0.500. The summed E-state index contributed by atoms with van der Waals surface area (Å²) >= 11 is 0. The number of amides is 1. The molecular weight excluding hydrogens is 840 g/mol. The van der Waals surface area contributed by atoms with Gasteiger partial charge in [-0.15, -0.1) is 0 Å². The molecule has 0 heterocycles. The van der Waals surface area contributed by atoms with Crippen molar-refractivity contribution in [1.82, 2.24) is 5.32 Å². The minimum Gasteiger partial charge on any atom is -0.391 e. The molecule has 0 aromatic heterocycles. The minimum atomic E-state index is -4.32. The van der Waals surface area contributed by atoms with Crippen LogP contribution >= 0.6 is 7.82 Å². The van der Waals surface area contributed by atoms with Crippen molar-refractivity contribution in [1.29, 1.82) is 0 Å². The van der Waals surface area contributed by atoms with E-state index in [2.05, 4.69) is 19.2 Å². The van der Waals surface area contributed by atoms with Crippen LogP contribution in [0.1, 0.15) is 328 Å². The number of phosphoric ester groups is 1. The molecule has 66 heavy (non-hydrogen) atoms. The van der Waals surface area contributed by atoms with Gasteiger partial charge in [-0.3, -0.25) is 13.8 Å². The molecule has 0 saturated heterocycles. The van der Waals surface area contributed by atoms with Crippen LogP contribution in [-0.2, 0) is 18.4 Å². The monoisotopic (exact) mass is 957 g/mol. The maximum absolute atomic E-state index is 12.9. The quantitative estimate of drug-likeness (QED) is 0.0353. The Morgan fingerprint density at radius 1 is 0.439 bits per heavy atom. The number of carbonyl (C=O) groups excluding carboxylic acids is 1. The van der Waals surface area contributed by atoms with Gasteiger partial charge in [0.2, 0.25) is 5.91 Å². The Morgan fingerprint density at radius 3 is 0.970 bits per heavy atom. The summed E-state index contributed by atoms with van der Waals surface area (Å²) < 4.78 is 22.3. The molecule has 0 bridgehead atoms. The van der Waals surface area contributed by atoms with Crippen molar-refractivity contribution in [3.8, 4) is 0 Å². The summed E-state index contributed by atoms with van der Waals surface area (Å²) in [4.78, 5) is 22.9. The zero-order valence-corrected chi connectivity index (χ0v) is 45.4. The molecule has 1 unspecified atom stereocenters. The van der Waals surface area contributed by atoms with Crippen LogP contribution in [0.15, 0.2) is 0 Å². The number of phosphoric acid groups is 1. The lowest BCUT2D eigenvalue weighted by Gasteiger charge is -2.25. The smallest absolute Gasteiger partial charge is 0.391 e. The second-order valence-electron chi connectivity index (χ2n) is 20.6. The molecule has 0 aromatic rings. The fraction of sp³-hybridized carbons (Fsp3) is 0.982. The van der Waals surface area contributed by atoms with Crippen LogP contribution in [0, 0.1) is 0 Å². The molecule has 0 aliphatic carbocycles. The van der Waals surface area contributed by atoms with E-state index < -0.39 is 20.0 Å². The lowest BCUT2D eigenvalue weighted by atomic mass is 10.0. The van der Waals surface area contributed by atoms with Crippen LogP contribution in [0.4, 0.5) is 0 Å². The number of rotatable bonds is 57. The average Bonchev–Trinajstić information content (AvgIpc) is 3.31. The van der Waals surface area contributed by atoms with E-state index in [0.717, 1.165) is 38.5 Å². The zero-order valence-electron chi connectivity index (χ0n) is 44.5. The number of nitrogens with one attached hydrogen (secondary N) is 1. The fourth-order valence-electron chi connectivity index (χ4n) is 9.50. The average molecular weight is 958 g/mol. The molecule has 8 nitrogen and oxygen atoms in total. The van der Waals surface area contributed by atoms with Crippen molar-refractivity contribution < 1.29 is 28.4 Å². The van der Waals surface area contributed by atoms with Gasteiger partial charge in [0.15, 0.2) is 0 Å². The van der Waals surface area contributed by atoms with E-state index in [4.69, 9.17) is 14.8 Å². The highest BCUT2D eigenvalue weighted by atomic mass is 31.2. The van der Waals surface area contributed by atoms with Gasteiger partial charge < -0.3 is 21.1 Å². The lowest BCUT2D eigenvalue weighted by Crippen LogP contribution is -2.46. The van der Waals surface area contributed by atoms with Crippen LogP contribution in [0.5, 0.6) is 0 Å². The molecular formula is C57H117N2O6P. The number of carbonyl (C=O) groups is 1. The van der Waals surface area contributed by atoms with Gasteiger partial charge in [-0.05, 0) is 12.8 Å². The van der Waals surface area contributed by atoms with E-state index in [1.807, 2.05) is 0 Å². The predicted octanol–water partition coefficient (Wildman–Crippen LogP) is 18.1. The molecule has 9 heteroatoms. The Kier molecular flexibility index (Phi) is 53.4. The van der Waals surface area contributed by atoms with Crippen molar-refractivity contribution in [3.63, 3.8) is 0 Å². The van der Waals surface area contributed by atoms with Crippen LogP contribution in [0.3, 0.4) is 0 Å². The molecule has 0 saturated carbocycles. The Balaban J connectivity index is 3.82. The molecule has 0 fully saturated rings. The van der Waals surface area contributed by atoms with Gasteiger partial charge >= 0.3 is 7.82 Å². The van der Waals surface area contributed by atoms with Gasteiger partial charge in [-0.25, -0.2) is 4.57 Å². The topological polar surface area (TPSA) is 131 Å². The second-order valence-corrected chi connectivity index (χ2v) is 22.0. The van der Waals surface area contributed by atoms with E-state index in [1.165, 1.54) is 263 Å². The maximum atomic E-state index is 12.9. The molecule has 0 aliphatic rings. The van der Waals surface area contributed by atoms with E-state index >= 15 is 0 Å². The summed E-state index contributed by atoms with van der Waals surface area (Å²) in [6.07, 6.45) is 63.1. The zero-order chi connectivity index (χ0) is 48.1. The van der Waals surface area contributed by atoms with Crippen molar-refractivity contribution in [2.45, 2.75) is 341 Å². The molecule has 0 aromatic carbocycles. The first-order valence-electron chi connectivity index (χ1n) is 29.7. The first-order chi connectivity index (χ1) is 32.4. The van der Waals surface area contributed by atoms with Crippen molar-refractivity contribution >= 4 is 13.7 Å². The first-order valence-corrected chi connectivity index (χ1v) is 31.1. The third kappa shape index (κ3) is 51.4. The van der Waals surface area contributed by atoms with Gasteiger partial charge in [0.05, 0.1) is 25.4 Å². The Bertz CT molecular complexity index is 1000. The van der Waals surface area contributed by atoms with E-state index in [1.54, 1.807) is 0 Å². The predicted molar refractivity (Wildman–Crippen MR) is 286 cm³/mol. The van der Waals surface area contributed by atoms with Gasteiger partial charge in [0.25, 0.3) is 0 Å². The molecule has 5 N–H and O–H groups in total. The molecule has 3 atom stereocenters. The van der Waals surface area contributed by atoms with Crippen LogP contribution in [-0.4, -0.2) is 47.8 Å². The summed E-state index contributed by atoms with van der Waals surface area (Å²) in [6.45, 7) is 4.27. The van der Waals surface area contributed by atoms with Crippen molar-refractivity contribution in [3.05, 3.63) is 0 Å². The van der Waals surface area contributed by atoms with Crippen LogP contribution in [0.25, 0.3) is 0 Å². The summed E-state index contributed by atoms with van der Waals surface area (Å²) in [5.41, 5.74) is 5.41. The highest BCUT2D eigenvalue weighted by molar-refractivity contribution is 7.47. The summed E-state index contributed by atoms with van der Waals surface area (Å²) in [6, 6.07) is -0.769. The van der Waals surface area contributed by atoms with E-state index in [-0.39, 0.29) is 25.7 Å². The fourth-order valence-corrected chi connectivity index (χ4v) is 10.3. The first kappa shape index (κ1) is 65.5. The lowest BCUT2D eigenvalue weighted by molar-refractivity contribution is -0.123. The third-order valence-corrected chi connectivity index (χ3v) is 14.9. The van der Waals surface area contributed by atoms with Gasteiger partial charge in [0.1, 0.15) is 0 Å². The van der Waals surface area contributed by atoms with Crippen LogP contribution in [0.2, 0.25) is 0 Å². The molecule has 0 spiro atoms. The number of aliphatic hydroxyl groups is 1. The molecule has 0 aliphatic heterocycles. The summed E-state index contributed by atoms with van der Waals surface area (Å²) in [7, 11) is -4.32. The van der Waals surface area contributed by atoms with Crippen LogP contribution < -0.4 is 11.1 Å². The van der Waals surface area contributed by atoms with Gasteiger partial charge in [-0.2, -0.15) is 0 Å². The van der Waals surface area contributed by atoms with Crippen molar-refractivity contribution in [2.75, 3.05) is 19.8 Å². The molecule has 396 valence electrons. The van der Waals surface area contributed by atoms with Crippen molar-refractivity contribution in [2.24, 2.45) is 5.73 Å². The normalized spacial score (nSPS) is 13.6. The highest BCUT2D eigenvalue weighted by Gasteiger charge is 2.27. The third-order valence-electron chi connectivity index (χ3n) is 14.0. The SMILES string of the molecule is CCCCCCCCCCCCCCCCCCCCCCCCCCCCCCCCCC(=O)N[C@@H](COP(=O)(O)OCCN)[C@H](O)CCCCCCCCCCCCCCCCCC. The molecule has 1 amide bonds. The minimum absolute atomic E-state index is 0.0929. The number of hydrogen-bond acceptors (Lipinski definition) is 6. The molecule has 0 rings (SSSR count). The number of nitrogens with two attached hydrogens (primary N) is 1. The Morgan fingerprint density at radius 2 is 0.697 bits per heavy atom. The van der Waals surface area contributed by atoms with Gasteiger partial charge in [0, 0.05) is 13.0 Å². The second kappa shape index (κ2) is 53.8. The van der Waals surface area contributed by atoms with Gasteiger partial charge in [-0.1, -0.05) is 309 Å². The Labute approximate surface area is 412 Å². The number of hydrogen-bond donors (Lipinski definition) is 4. The maximum Gasteiger partial charge on any atom is 0.472 e. The summed E-state index contributed by atoms with van der Waals surface area (Å²) in [5.74, 6) is -0.152. The standard InChI is InChI=1S/C57H117N2O6P/c1-3-5-7-9-11-13-15-17-19-21-22-23-24-25-26-27-28-29-30-31-32-33-34-35-37-39-41-43-45-47-49-51-57(61)59-55(54-65-66(62,63)64-53-52-58)56(60)50-48-46-44-42-40-38-36-20-18-16-14-12-10-8-6-4-2/h55-56,60H,3-54,58H2,1-2H3,(H,59,61)(H,62,63)/t55-,56+/m0/s1. The molecule has 0 radical (unpaired) electrons. The van der Waals surface area contributed by atoms with E-state index in [0.29, 0.717) is 12.8 Å². The summed E-state index contributed by atoms with van der Waals surface area (Å²) in [5, 5.41) is 13.9. The number of aliphatic hydroxyl groups excluding tert-OH is 1. The van der Waals surface area contributed by atoms with E-state index in [9.17, 15) is 19.4 Å². The highest BCUT2D eigenvalue weighted by Crippen LogP contribution is 2.43. The number of unbranched alkanes of at least 4 members (excludes halogenated alkanes) is 45.